The Bertz CT molecular complexity index is 1020. The van der Waals surface area contributed by atoms with Gasteiger partial charge in [-0.3, -0.25) is 4.79 Å². The number of carbonyl (C=O) groups is 1. The minimum absolute atomic E-state index is 0.324. The minimum atomic E-state index is -2.70. The number of rotatable bonds is 4. The van der Waals surface area contributed by atoms with Crippen LogP contribution in [0.2, 0.25) is 5.02 Å². The molecule has 2 heterocycles. The molecule has 9 heteroatoms. The molecule has 0 aliphatic carbocycles. The van der Waals surface area contributed by atoms with Gasteiger partial charge < -0.3 is 19.9 Å². The summed E-state index contributed by atoms with van der Waals surface area (Å²) in [7, 11) is 0. The summed E-state index contributed by atoms with van der Waals surface area (Å²) in [5, 5.41) is 3.40. The van der Waals surface area contributed by atoms with Crippen molar-refractivity contribution in [3.63, 3.8) is 0 Å². The van der Waals surface area contributed by atoms with Crippen molar-refractivity contribution in [2.45, 2.75) is 6.43 Å². The highest BCUT2D eigenvalue weighted by Gasteiger charge is 2.20. The van der Waals surface area contributed by atoms with E-state index in [1.165, 1.54) is 12.1 Å². The fourth-order valence-corrected chi connectivity index (χ4v) is 3.49. The van der Waals surface area contributed by atoms with Crippen LogP contribution in [-0.4, -0.2) is 42.2 Å². The average molecular weight is 407 g/mol. The first-order valence-electron chi connectivity index (χ1n) is 8.73. The van der Waals surface area contributed by atoms with Crippen LogP contribution in [0.3, 0.4) is 0 Å². The van der Waals surface area contributed by atoms with E-state index in [0.29, 0.717) is 53.6 Å². The number of aromatic nitrogens is 2. The van der Waals surface area contributed by atoms with Crippen LogP contribution in [0.4, 0.5) is 20.2 Å². The zero-order valence-electron chi connectivity index (χ0n) is 14.7. The molecule has 1 aliphatic heterocycles. The molecular formula is C19H17ClF2N4O2. The number of benzene rings is 2. The zero-order chi connectivity index (χ0) is 19.7. The molecule has 6 nitrogen and oxygen atoms in total. The highest BCUT2D eigenvalue weighted by Crippen LogP contribution is 2.34. The first-order valence-corrected chi connectivity index (χ1v) is 9.11. The average Bonchev–Trinajstić information content (AvgIpc) is 3.12. The number of morpholine rings is 1. The maximum atomic E-state index is 12.8. The summed E-state index contributed by atoms with van der Waals surface area (Å²) >= 11 is 6.38. The lowest BCUT2D eigenvalue weighted by Crippen LogP contribution is -2.37. The summed E-state index contributed by atoms with van der Waals surface area (Å²) in [5.74, 6) is -0.788. The number of imidazole rings is 1. The Kier molecular flexibility index (Phi) is 5.15. The summed E-state index contributed by atoms with van der Waals surface area (Å²) in [6, 6.07) is 9.89. The second-order valence-electron chi connectivity index (χ2n) is 6.34. The van der Waals surface area contributed by atoms with Gasteiger partial charge in [0.05, 0.1) is 40.6 Å². The van der Waals surface area contributed by atoms with E-state index in [1.807, 2.05) is 0 Å². The summed E-state index contributed by atoms with van der Waals surface area (Å²) in [6.07, 6.45) is -2.70. The third-order valence-corrected chi connectivity index (χ3v) is 4.84. The van der Waals surface area contributed by atoms with Crippen LogP contribution in [0.15, 0.2) is 36.4 Å². The number of ether oxygens (including phenoxy) is 1. The third-order valence-electron chi connectivity index (χ3n) is 4.53. The molecule has 4 rings (SSSR count). The number of amides is 1. The number of halogens is 3. The van der Waals surface area contributed by atoms with Crippen LogP contribution < -0.4 is 10.2 Å². The molecule has 0 spiro atoms. The van der Waals surface area contributed by atoms with Gasteiger partial charge in [-0.1, -0.05) is 17.7 Å². The van der Waals surface area contributed by atoms with Gasteiger partial charge in [0, 0.05) is 18.7 Å². The number of nitrogens with zero attached hydrogens (tertiary/aromatic N) is 2. The standard InChI is InChI=1S/C19H17ClF2N4O2/c20-12-2-1-3-14(16(12)26-6-8-28-9-7-26)25-19(27)11-4-5-13-15(10-11)24-18(23-13)17(21)22/h1-5,10,17H,6-9H2,(H,23,24)(H,25,27). The van der Waals surface area contributed by atoms with E-state index in [0.717, 1.165) is 5.69 Å². The summed E-state index contributed by atoms with van der Waals surface area (Å²) < 4.78 is 31.0. The number of carbonyl (C=O) groups excluding carboxylic acids is 1. The van der Waals surface area contributed by atoms with Crippen molar-refractivity contribution in [1.29, 1.82) is 0 Å². The minimum Gasteiger partial charge on any atom is -0.378 e. The predicted molar refractivity (Wildman–Crippen MR) is 103 cm³/mol. The molecule has 2 aromatic carbocycles. The van der Waals surface area contributed by atoms with E-state index < -0.39 is 12.2 Å². The Labute approximate surface area is 164 Å². The van der Waals surface area contributed by atoms with Crippen LogP contribution in [0, 0.1) is 0 Å². The van der Waals surface area contributed by atoms with Crippen molar-refractivity contribution < 1.29 is 18.3 Å². The third kappa shape index (κ3) is 3.65. The lowest BCUT2D eigenvalue weighted by atomic mass is 10.1. The van der Waals surface area contributed by atoms with Crippen molar-refractivity contribution in [1.82, 2.24) is 9.97 Å². The fourth-order valence-electron chi connectivity index (χ4n) is 3.19. The van der Waals surface area contributed by atoms with E-state index in [4.69, 9.17) is 16.3 Å². The van der Waals surface area contributed by atoms with E-state index in [9.17, 15) is 13.6 Å². The topological polar surface area (TPSA) is 70.2 Å². The number of hydrogen-bond acceptors (Lipinski definition) is 4. The molecule has 1 aliphatic rings. The van der Waals surface area contributed by atoms with Crippen molar-refractivity contribution >= 4 is 39.9 Å². The summed E-state index contributed by atoms with van der Waals surface area (Å²) in [6.45, 7) is 2.51. The van der Waals surface area contributed by atoms with Gasteiger partial charge in [0.25, 0.3) is 12.3 Å². The first kappa shape index (κ1) is 18.6. The molecular weight excluding hydrogens is 390 g/mol. The van der Waals surface area contributed by atoms with Gasteiger partial charge in [0.1, 0.15) is 0 Å². The predicted octanol–water partition coefficient (Wildman–Crippen LogP) is 4.24. The Morgan fingerprint density at radius 2 is 2.04 bits per heavy atom. The van der Waals surface area contributed by atoms with Crippen LogP contribution in [0.1, 0.15) is 22.6 Å². The Balaban J connectivity index is 1.61. The van der Waals surface area contributed by atoms with E-state index in [-0.39, 0.29) is 5.91 Å². The van der Waals surface area contributed by atoms with Gasteiger partial charge in [-0.05, 0) is 30.3 Å². The van der Waals surface area contributed by atoms with E-state index in [1.54, 1.807) is 24.3 Å². The molecule has 1 saturated heterocycles. The molecule has 1 amide bonds. The Hall–Kier alpha value is -2.71. The lowest BCUT2D eigenvalue weighted by Gasteiger charge is -2.31. The summed E-state index contributed by atoms with van der Waals surface area (Å²) in [5.41, 5.74) is 2.40. The maximum Gasteiger partial charge on any atom is 0.295 e. The molecule has 2 N–H and O–H groups in total. The molecule has 0 bridgehead atoms. The van der Waals surface area contributed by atoms with Gasteiger partial charge in [-0.2, -0.15) is 0 Å². The SMILES string of the molecule is O=C(Nc1cccc(Cl)c1N1CCOCC1)c1ccc2nc(C(F)F)[nH]c2c1. The number of para-hydroxylation sites is 1. The Morgan fingerprint density at radius 1 is 1.25 bits per heavy atom. The second kappa shape index (κ2) is 7.73. The van der Waals surface area contributed by atoms with Gasteiger partial charge in [0.15, 0.2) is 5.82 Å². The molecule has 0 saturated carbocycles. The monoisotopic (exact) mass is 406 g/mol. The van der Waals surface area contributed by atoms with Gasteiger partial charge >= 0.3 is 0 Å². The molecule has 0 atom stereocenters. The molecule has 1 fully saturated rings. The van der Waals surface area contributed by atoms with Crippen molar-refractivity contribution in [3.8, 4) is 0 Å². The molecule has 3 aromatic rings. The molecule has 1 aromatic heterocycles. The first-order chi connectivity index (χ1) is 13.5. The van der Waals surface area contributed by atoms with Crippen LogP contribution in [-0.2, 0) is 4.74 Å². The quantitative estimate of drug-likeness (QED) is 0.679. The van der Waals surface area contributed by atoms with Crippen molar-refractivity contribution in [2.24, 2.45) is 0 Å². The largest absolute Gasteiger partial charge is 0.378 e. The molecule has 0 radical (unpaired) electrons. The number of fused-ring (bicyclic) bond motifs is 1. The van der Waals surface area contributed by atoms with Crippen LogP contribution in [0.5, 0.6) is 0 Å². The van der Waals surface area contributed by atoms with Crippen LogP contribution >= 0.6 is 11.6 Å². The molecule has 146 valence electrons. The smallest absolute Gasteiger partial charge is 0.295 e. The molecule has 0 unspecified atom stereocenters. The fraction of sp³-hybridized carbons (Fsp3) is 0.263. The maximum absolute atomic E-state index is 12.8. The highest BCUT2D eigenvalue weighted by atomic mass is 35.5. The van der Waals surface area contributed by atoms with Crippen molar-refractivity contribution in [2.75, 3.05) is 36.5 Å². The van der Waals surface area contributed by atoms with E-state index >= 15 is 0 Å². The van der Waals surface area contributed by atoms with Crippen LogP contribution in [0.25, 0.3) is 11.0 Å². The van der Waals surface area contributed by atoms with Gasteiger partial charge in [-0.15, -0.1) is 0 Å². The number of hydrogen-bond donors (Lipinski definition) is 2. The number of anilines is 2. The zero-order valence-corrected chi connectivity index (χ0v) is 15.5. The Morgan fingerprint density at radius 3 is 2.79 bits per heavy atom. The van der Waals surface area contributed by atoms with E-state index in [2.05, 4.69) is 20.2 Å². The summed E-state index contributed by atoms with van der Waals surface area (Å²) in [4.78, 5) is 21.2. The normalized spacial score (nSPS) is 14.6. The molecule has 28 heavy (non-hydrogen) atoms. The van der Waals surface area contributed by atoms with Gasteiger partial charge in [-0.25, -0.2) is 13.8 Å². The lowest BCUT2D eigenvalue weighted by molar-refractivity contribution is 0.102. The number of nitrogens with one attached hydrogen (secondary N) is 2. The second-order valence-corrected chi connectivity index (χ2v) is 6.75. The number of H-pyrrole nitrogens is 1. The number of aromatic amines is 1. The van der Waals surface area contributed by atoms with Crippen molar-refractivity contribution in [3.05, 3.63) is 52.8 Å². The number of alkyl halides is 2. The highest BCUT2D eigenvalue weighted by molar-refractivity contribution is 6.34. The van der Waals surface area contributed by atoms with Gasteiger partial charge in [0.2, 0.25) is 0 Å².